The Labute approximate surface area is 128 Å². The quantitative estimate of drug-likeness (QED) is 0.837. The Hall–Kier alpha value is -1.16. The van der Waals surface area contributed by atoms with Crippen LogP contribution in [0, 0.1) is 11.8 Å². The summed E-state index contributed by atoms with van der Waals surface area (Å²) in [5.74, 6) is 2.86. The van der Waals surface area contributed by atoms with Crippen molar-refractivity contribution in [2.75, 3.05) is 18.0 Å². The van der Waals surface area contributed by atoms with Crippen LogP contribution in [0.5, 0.6) is 0 Å². The summed E-state index contributed by atoms with van der Waals surface area (Å²) in [7, 11) is 0. The Bertz CT molecular complexity index is 441. The van der Waals surface area contributed by atoms with Gasteiger partial charge in [0.1, 0.15) is 5.82 Å². The average Bonchev–Trinajstić information content (AvgIpc) is 3.31. The lowest BCUT2D eigenvalue weighted by atomic mass is 10.1. The van der Waals surface area contributed by atoms with E-state index < -0.39 is 0 Å². The van der Waals surface area contributed by atoms with Crippen molar-refractivity contribution >= 4 is 5.82 Å². The maximum absolute atomic E-state index is 4.66. The molecule has 3 rings (SSSR count). The number of anilines is 1. The van der Waals surface area contributed by atoms with Crippen molar-refractivity contribution in [1.29, 1.82) is 0 Å². The van der Waals surface area contributed by atoms with Crippen molar-refractivity contribution in [1.82, 2.24) is 15.3 Å². The number of hydrogen-bond donors (Lipinski definition) is 1. The molecule has 4 nitrogen and oxygen atoms in total. The molecule has 2 aliphatic carbocycles. The summed E-state index contributed by atoms with van der Waals surface area (Å²) in [6.07, 6.45) is 9.46. The molecule has 2 fully saturated rings. The van der Waals surface area contributed by atoms with Crippen LogP contribution in [0.2, 0.25) is 0 Å². The molecule has 0 atom stereocenters. The van der Waals surface area contributed by atoms with Crippen LogP contribution in [0.3, 0.4) is 0 Å². The van der Waals surface area contributed by atoms with Gasteiger partial charge < -0.3 is 10.2 Å². The van der Waals surface area contributed by atoms with E-state index in [-0.39, 0.29) is 5.54 Å². The average molecular weight is 288 g/mol. The van der Waals surface area contributed by atoms with E-state index in [9.17, 15) is 0 Å². The lowest BCUT2D eigenvalue weighted by molar-refractivity contribution is 0.421. The molecule has 0 radical (unpaired) electrons. The van der Waals surface area contributed by atoms with E-state index in [1.54, 1.807) is 0 Å². The molecule has 0 amide bonds. The zero-order valence-electron chi connectivity index (χ0n) is 13.6. The second-order valence-electron chi connectivity index (χ2n) is 7.76. The number of aromatic nitrogens is 2. The van der Waals surface area contributed by atoms with Crippen LogP contribution in [0.4, 0.5) is 5.82 Å². The van der Waals surface area contributed by atoms with E-state index in [0.717, 1.165) is 29.9 Å². The number of hydrogen-bond acceptors (Lipinski definition) is 4. The van der Waals surface area contributed by atoms with Crippen LogP contribution in [0.25, 0.3) is 0 Å². The molecule has 1 aromatic heterocycles. The Morgan fingerprint density at radius 3 is 2.10 bits per heavy atom. The van der Waals surface area contributed by atoms with Crippen LogP contribution in [-0.4, -0.2) is 28.6 Å². The lowest BCUT2D eigenvalue weighted by Gasteiger charge is -2.24. The van der Waals surface area contributed by atoms with Crippen molar-refractivity contribution in [3.63, 3.8) is 0 Å². The van der Waals surface area contributed by atoms with Gasteiger partial charge in [-0.3, -0.25) is 4.98 Å². The van der Waals surface area contributed by atoms with Gasteiger partial charge in [-0.05, 0) is 58.3 Å². The van der Waals surface area contributed by atoms with E-state index in [1.165, 1.54) is 38.8 Å². The highest BCUT2D eigenvalue weighted by Gasteiger charge is 2.29. The highest BCUT2D eigenvalue weighted by molar-refractivity contribution is 5.36. The zero-order chi connectivity index (χ0) is 14.9. The monoisotopic (exact) mass is 288 g/mol. The third kappa shape index (κ3) is 4.95. The van der Waals surface area contributed by atoms with E-state index in [4.69, 9.17) is 0 Å². The molecule has 0 unspecified atom stereocenters. The molecule has 0 aliphatic heterocycles. The smallest absolute Gasteiger partial charge is 0.147 e. The highest BCUT2D eigenvalue weighted by Crippen LogP contribution is 2.35. The molecule has 2 saturated carbocycles. The van der Waals surface area contributed by atoms with Gasteiger partial charge in [0.05, 0.1) is 18.1 Å². The second-order valence-corrected chi connectivity index (χ2v) is 7.76. The first-order chi connectivity index (χ1) is 9.99. The van der Waals surface area contributed by atoms with Crippen LogP contribution in [0.15, 0.2) is 12.4 Å². The third-order valence-corrected chi connectivity index (χ3v) is 4.17. The van der Waals surface area contributed by atoms with Crippen LogP contribution in [-0.2, 0) is 6.54 Å². The molecule has 116 valence electrons. The molecule has 2 aliphatic rings. The van der Waals surface area contributed by atoms with Crippen molar-refractivity contribution < 1.29 is 0 Å². The van der Waals surface area contributed by atoms with Gasteiger partial charge in [0.25, 0.3) is 0 Å². The molecule has 1 aromatic rings. The summed E-state index contributed by atoms with van der Waals surface area (Å²) in [5, 5.41) is 3.46. The molecule has 0 aromatic carbocycles. The molecule has 4 heteroatoms. The van der Waals surface area contributed by atoms with Gasteiger partial charge >= 0.3 is 0 Å². The third-order valence-electron chi connectivity index (χ3n) is 4.17. The SMILES string of the molecule is CC(C)(C)NCc1cnc(N(CC2CC2)CC2CC2)cn1. The first-order valence-electron chi connectivity index (χ1n) is 8.30. The largest absolute Gasteiger partial charge is 0.355 e. The van der Waals surface area contributed by atoms with Gasteiger partial charge in [-0.15, -0.1) is 0 Å². The second kappa shape index (κ2) is 5.91. The van der Waals surface area contributed by atoms with E-state index in [1.807, 2.05) is 12.4 Å². The van der Waals surface area contributed by atoms with E-state index in [0.29, 0.717) is 0 Å². The molecule has 1 heterocycles. The fraction of sp³-hybridized carbons (Fsp3) is 0.765. The topological polar surface area (TPSA) is 41.1 Å². The van der Waals surface area contributed by atoms with Crippen LogP contribution >= 0.6 is 0 Å². The van der Waals surface area contributed by atoms with Crippen molar-refractivity contribution in [2.24, 2.45) is 11.8 Å². The van der Waals surface area contributed by atoms with Crippen LogP contribution in [0.1, 0.15) is 52.1 Å². The van der Waals surface area contributed by atoms with Crippen molar-refractivity contribution in [3.8, 4) is 0 Å². The van der Waals surface area contributed by atoms with E-state index in [2.05, 4.69) is 41.0 Å². The number of rotatable bonds is 7. The van der Waals surface area contributed by atoms with Gasteiger partial charge in [-0.2, -0.15) is 0 Å². The molecule has 21 heavy (non-hydrogen) atoms. The van der Waals surface area contributed by atoms with Crippen molar-refractivity contribution in [3.05, 3.63) is 18.1 Å². The molecule has 1 N–H and O–H groups in total. The normalized spacial score (nSPS) is 18.8. The zero-order valence-corrected chi connectivity index (χ0v) is 13.6. The molecular weight excluding hydrogens is 260 g/mol. The maximum Gasteiger partial charge on any atom is 0.147 e. The predicted molar refractivity (Wildman–Crippen MR) is 86.3 cm³/mol. The maximum atomic E-state index is 4.66. The Kier molecular flexibility index (Phi) is 4.16. The predicted octanol–water partition coefficient (Wildman–Crippen LogP) is 2.99. The minimum Gasteiger partial charge on any atom is -0.355 e. The minimum absolute atomic E-state index is 0.115. The summed E-state index contributed by atoms with van der Waals surface area (Å²) in [5.41, 5.74) is 1.14. The molecule has 0 saturated heterocycles. The molecular formula is C17H28N4. The minimum atomic E-state index is 0.115. The van der Waals surface area contributed by atoms with Gasteiger partial charge in [-0.25, -0.2) is 4.98 Å². The first-order valence-corrected chi connectivity index (χ1v) is 8.30. The fourth-order valence-corrected chi connectivity index (χ4v) is 2.44. The summed E-state index contributed by atoms with van der Waals surface area (Å²) in [6.45, 7) is 9.63. The Morgan fingerprint density at radius 2 is 1.67 bits per heavy atom. The van der Waals surface area contributed by atoms with Gasteiger partial charge in [0, 0.05) is 25.2 Å². The summed E-state index contributed by atoms with van der Waals surface area (Å²) in [4.78, 5) is 11.7. The summed E-state index contributed by atoms with van der Waals surface area (Å²) < 4.78 is 0. The van der Waals surface area contributed by atoms with Crippen LogP contribution < -0.4 is 10.2 Å². The lowest BCUT2D eigenvalue weighted by Crippen LogP contribution is -2.35. The highest BCUT2D eigenvalue weighted by atomic mass is 15.2. The molecule has 0 spiro atoms. The Morgan fingerprint density at radius 1 is 1.05 bits per heavy atom. The van der Waals surface area contributed by atoms with E-state index >= 15 is 0 Å². The number of nitrogens with zero attached hydrogens (tertiary/aromatic N) is 3. The number of nitrogens with one attached hydrogen (secondary N) is 1. The molecule has 0 bridgehead atoms. The Balaban J connectivity index is 1.59. The van der Waals surface area contributed by atoms with Crippen molar-refractivity contribution in [2.45, 2.75) is 58.5 Å². The van der Waals surface area contributed by atoms with Gasteiger partial charge in [-0.1, -0.05) is 0 Å². The summed E-state index contributed by atoms with van der Waals surface area (Å²) >= 11 is 0. The van der Waals surface area contributed by atoms with Gasteiger partial charge in [0.15, 0.2) is 0 Å². The fourth-order valence-electron chi connectivity index (χ4n) is 2.44. The van der Waals surface area contributed by atoms with Gasteiger partial charge in [0.2, 0.25) is 0 Å². The first kappa shape index (κ1) is 14.8. The summed E-state index contributed by atoms with van der Waals surface area (Å²) in [6, 6.07) is 0. The standard InChI is InChI=1S/C17H28N4/c1-17(2,3)20-9-15-8-19-16(10-18-15)21(11-13-4-5-13)12-14-6-7-14/h8,10,13-14,20H,4-7,9,11-12H2,1-3H3.